The highest BCUT2D eigenvalue weighted by Gasteiger charge is 2.31. The number of allylic oxidation sites excluding steroid dienone is 1. The topological polar surface area (TPSA) is 84.7 Å². The maximum Gasteiger partial charge on any atom is 0.231 e. The predicted molar refractivity (Wildman–Crippen MR) is 117 cm³/mol. The zero-order valence-corrected chi connectivity index (χ0v) is 18.8. The van der Waals surface area contributed by atoms with Gasteiger partial charge in [0.05, 0.1) is 40.0 Å². The molecule has 2 heterocycles. The van der Waals surface area contributed by atoms with Gasteiger partial charge in [-0.2, -0.15) is 0 Å². The van der Waals surface area contributed by atoms with E-state index >= 15 is 0 Å². The lowest BCUT2D eigenvalue weighted by Gasteiger charge is -2.30. The molecule has 32 heavy (non-hydrogen) atoms. The van der Waals surface area contributed by atoms with Gasteiger partial charge in [-0.25, -0.2) is 0 Å². The summed E-state index contributed by atoms with van der Waals surface area (Å²) in [6, 6.07) is 6.50. The van der Waals surface area contributed by atoms with E-state index in [0.717, 1.165) is 26.2 Å². The molecule has 2 aromatic rings. The van der Waals surface area contributed by atoms with Gasteiger partial charge in [0.2, 0.25) is 11.5 Å². The third-order valence-electron chi connectivity index (χ3n) is 6.00. The van der Waals surface area contributed by atoms with Crippen LogP contribution in [0.3, 0.4) is 0 Å². The molecule has 0 saturated carbocycles. The average molecular weight is 440 g/mol. The molecule has 0 bridgehead atoms. The van der Waals surface area contributed by atoms with Gasteiger partial charge < -0.3 is 29.0 Å². The van der Waals surface area contributed by atoms with Crippen LogP contribution in [0.15, 0.2) is 30.0 Å². The smallest absolute Gasteiger partial charge is 0.231 e. The molecule has 170 valence electrons. The molecule has 1 N–H and O–H groups in total. The second-order valence-electron chi connectivity index (χ2n) is 8.05. The zero-order valence-electron chi connectivity index (χ0n) is 18.8. The van der Waals surface area contributed by atoms with E-state index in [1.165, 1.54) is 32.3 Å². The van der Waals surface area contributed by atoms with Crippen molar-refractivity contribution in [2.45, 2.75) is 6.54 Å². The molecule has 0 spiro atoms. The fourth-order valence-electron chi connectivity index (χ4n) is 4.15. The first-order valence-electron chi connectivity index (χ1n) is 10.5. The summed E-state index contributed by atoms with van der Waals surface area (Å²) in [5.74, 6) is 1.61. The van der Waals surface area contributed by atoms with Gasteiger partial charge >= 0.3 is 0 Å². The second kappa shape index (κ2) is 9.10. The van der Waals surface area contributed by atoms with E-state index in [2.05, 4.69) is 11.9 Å². The Labute approximate surface area is 187 Å². The number of methoxy groups -OCH3 is 3. The summed E-state index contributed by atoms with van der Waals surface area (Å²) in [6.07, 6.45) is 1.63. The summed E-state index contributed by atoms with van der Waals surface area (Å²) in [5.41, 5.74) is 1.64. The number of ether oxygens (including phenoxy) is 4. The van der Waals surface area contributed by atoms with Gasteiger partial charge in [0.25, 0.3) is 0 Å². The van der Waals surface area contributed by atoms with Crippen LogP contribution in [0.1, 0.15) is 21.5 Å². The van der Waals surface area contributed by atoms with Gasteiger partial charge in [0.1, 0.15) is 12.3 Å². The molecule has 0 radical (unpaired) electrons. The lowest BCUT2D eigenvalue weighted by atomic mass is 10.0. The van der Waals surface area contributed by atoms with Gasteiger partial charge in [-0.1, -0.05) is 11.8 Å². The van der Waals surface area contributed by atoms with Gasteiger partial charge in [0, 0.05) is 18.7 Å². The number of nitrogens with one attached hydrogen (secondary N) is 1. The van der Waals surface area contributed by atoms with E-state index < -0.39 is 0 Å². The van der Waals surface area contributed by atoms with Gasteiger partial charge in [-0.15, -0.1) is 0 Å². The Bertz CT molecular complexity index is 1030. The number of hydrogen-bond donors (Lipinski definition) is 1. The van der Waals surface area contributed by atoms with Crippen LogP contribution < -0.4 is 29.0 Å². The van der Waals surface area contributed by atoms with Crippen molar-refractivity contribution < 1.29 is 33.7 Å². The van der Waals surface area contributed by atoms with Crippen LogP contribution in [0.4, 0.5) is 0 Å². The summed E-state index contributed by atoms with van der Waals surface area (Å²) in [7, 11) is 6.69. The second-order valence-corrected chi connectivity index (χ2v) is 8.05. The van der Waals surface area contributed by atoms with Crippen LogP contribution in [-0.4, -0.2) is 65.2 Å². The molecule has 1 fully saturated rings. The summed E-state index contributed by atoms with van der Waals surface area (Å²) in [5, 5.41) is 12.6. The molecule has 0 unspecified atom stereocenters. The highest BCUT2D eigenvalue weighted by atomic mass is 16.5. The Hall–Kier alpha value is -3.23. The third kappa shape index (κ3) is 4.11. The largest absolute Gasteiger partial charge is 0.872 e. The number of Topliss-reactive ketones (excluding diaryl/α,β-unsaturated/α-hetero) is 1. The maximum atomic E-state index is 13.0. The number of piperazine rings is 1. The van der Waals surface area contributed by atoms with Crippen LogP contribution in [0.5, 0.6) is 28.7 Å². The van der Waals surface area contributed by atoms with Crippen LogP contribution in [0, 0.1) is 0 Å². The first-order valence-corrected chi connectivity index (χ1v) is 10.5. The minimum absolute atomic E-state index is 0.1000. The molecule has 1 saturated heterocycles. The standard InChI is InChI=1S/C24H28N2O6/c1-25-7-9-26(10-8-25)14-17-18(27)6-5-16-22(28)19(32-23(16)17)11-15-12-20(29-2)24(31-4)21(13-15)30-3/h5-6,11-13,27H,7-10,14H2,1-4H3/b19-11-. The number of hydrogen-bond acceptors (Lipinski definition) is 7. The van der Waals surface area contributed by atoms with Crippen LogP contribution >= 0.6 is 0 Å². The molecule has 0 amide bonds. The minimum Gasteiger partial charge on any atom is -0.872 e. The van der Waals surface area contributed by atoms with Gasteiger partial charge in [-0.05, 0) is 36.9 Å². The monoisotopic (exact) mass is 440 g/mol. The third-order valence-corrected chi connectivity index (χ3v) is 6.00. The summed E-state index contributed by atoms with van der Waals surface area (Å²) in [6.45, 7) is 4.39. The van der Waals surface area contributed by atoms with Crippen molar-refractivity contribution >= 4 is 11.9 Å². The van der Waals surface area contributed by atoms with Gasteiger partial charge in [-0.3, -0.25) is 9.69 Å². The number of likely N-dealkylation sites (N-methyl/N-ethyl adjacent to an activating group) is 1. The van der Waals surface area contributed by atoms with E-state index in [0.29, 0.717) is 46.2 Å². The number of quaternary nitrogens is 1. The van der Waals surface area contributed by atoms with Crippen molar-refractivity contribution in [1.82, 2.24) is 4.90 Å². The van der Waals surface area contributed by atoms with Crippen LogP contribution in [0.25, 0.3) is 6.08 Å². The normalized spacial score (nSPS) is 17.9. The van der Waals surface area contributed by atoms with Crippen molar-refractivity contribution in [3.05, 3.63) is 46.7 Å². The molecule has 0 atom stereocenters. The molecule has 2 aromatic carbocycles. The first kappa shape index (κ1) is 22.0. The van der Waals surface area contributed by atoms with Crippen molar-refractivity contribution in [1.29, 1.82) is 0 Å². The van der Waals surface area contributed by atoms with E-state index in [1.54, 1.807) is 24.3 Å². The molecule has 4 rings (SSSR count). The van der Waals surface area contributed by atoms with E-state index in [1.807, 2.05) is 0 Å². The Morgan fingerprint density at radius 3 is 2.34 bits per heavy atom. The fourth-order valence-corrected chi connectivity index (χ4v) is 4.15. The Morgan fingerprint density at radius 1 is 1.09 bits per heavy atom. The number of rotatable bonds is 6. The van der Waals surface area contributed by atoms with E-state index in [-0.39, 0.29) is 17.3 Å². The summed E-state index contributed by atoms with van der Waals surface area (Å²) >= 11 is 0. The van der Waals surface area contributed by atoms with Crippen molar-refractivity contribution in [2.75, 3.05) is 54.6 Å². The Morgan fingerprint density at radius 2 is 1.75 bits per heavy atom. The van der Waals surface area contributed by atoms with Crippen molar-refractivity contribution in [3.63, 3.8) is 0 Å². The highest BCUT2D eigenvalue weighted by Crippen LogP contribution is 2.41. The number of carbonyl (C=O) groups is 1. The fraction of sp³-hybridized carbons (Fsp3) is 0.375. The molecular formula is C24H28N2O6. The number of carbonyl (C=O) groups excluding carboxylic acids is 1. The lowest BCUT2D eigenvalue weighted by Crippen LogP contribution is -3.13. The van der Waals surface area contributed by atoms with E-state index in [9.17, 15) is 9.90 Å². The molecular weight excluding hydrogens is 412 g/mol. The number of nitrogens with zero attached hydrogens (tertiary/aromatic N) is 1. The Balaban J connectivity index is 1.65. The van der Waals surface area contributed by atoms with Crippen molar-refractivity contribution in [2.24, 2.45) is 0 Å². The molecule has 8 heteroatoms. The summed E-state index contributed by atoms with van der Waals surface area (Å²) < 4.78 is 22.1. The number of ketones is 1. The maximum absolute atomic E-state index is 13.0. The predicted octanol–water partition coefficient (Wildman–Crippen LogP) is 0.733. The molecule has 0 aromatic heterocycles. The highest BCUT2D eigenvalue weighted by molar-refractivity contribution is 6.15. The first-order chi connectivity index (χ1) is 15.4. The minimum atomic E-state index is -0.247. The quantitative estimate of drug-likeness (QED) is 0.663. The average Bonchev–Trinajstić information content (AvgIpc) is 3.11. The van der Waals surface area contributed by atoms with Gasteiger partial charge in [0.15, 0.2) is 17.3 Å². The molecule has 2 aliphatic rings. The molecule has 0 aliphatic carbocycles. The number of fused-ring (bicyclic) bond motifs is 1. The SMILES string of the molecule is COc1cc(/C=C2\Oc3c(ccc([O-])c3C[NH+]3CCN(C)CC3)C2=O)cc(OC)c1OC. The molecule has 2 aliphatic heterocycles. The van der Waals surface area contributed by atoms with E-state index in [4.69, 9.17) is 18.9 Å². The summed E-state index contributed by atoms with van der Waals surface area (Å²) in [4.78, 5) is 16.6. The van der Waals surface area contributed by atoms with Crippen LogP contribution in [0.2, 0.25) is 0 Å². The molecule has 8 nitrogen and oxygen atoms in total. The van der Waals surface area contributed by atoms with Crippen LogP contribution in [-0.2, 0) is 6.54 Å². The number of benzene rings is 2. The zero-order chi connectivity index (χ0) is 22.8. The lowest BCUT2D eigenvalue weighted by molar-refractivity contribution is -0.918. The Kier molecular flexibility index (Phi) is 6.25. The van der Waals surface area contributed by atoms with Crippen molar-refractivity contribution in [3.8, 4) is 28.7 Å².